The van der Waals surface area contributed by atoms with Crippen molar-refractivity contribution >= 4 is 0 Å². The molecule has 0 radical (unpaired) electrons. The SMILES string of the molecule is CCOc1cncc(C2CCCCC2CNC2CC2)c1. The second-order valence-corrected chi connectivity index (χ2v) is 6.22. The highest BCUT2D eigenvalue weighted by Crippen LogP contribution is 2.38. The minimum Gasteiger partial charge on any atom is -0.492 e. The molecule has 0 bridgehead atoms. The van der Waals surface area contributed by atoms with Gasteiger partial charge in [0.15, 0.2) is 0 Å². The molecule has 0 aromatic carbocycles. The summed E-state index contributed by atoms with van der Waals surface area (Å²) in [5, 5.41) is 3.71. The van der Waals surface area contributed by atoms with Gasteiger partial charge in [0.2, 0.25) is 0 Å². The van der Waals surface area contributed by atoms with Crippen molar-refractivity contribution in [3.8, 4) is 5.75 Å². The Labute approximate surface area is 122 Å². The van der Waals surface area contributed by atoms with Gasteiger partial charge in [-0.3, -0.25) is 4.98 Å². The number of nitrogens with one attached hydrogen (secondary N) is 1. The number of nitrogens with zero attached hydrogens (tertiary/aromatic N) is 1. The lowest BCUT2D eigenvalue weighted by molar-refractivity contribution is 0.292. The number of hydrogen-bond donors (Lipinski definition) is 1. The lowest BCUT2D eigenvalue weighted by Gasteiger charge is -2.32. The van der Waals surface area contributed by atoms with Gasteiger partial charge in [-0.25, -0.2) is 0 Å². The molecule has 0 spiro atoms. The van der Waals surface area contributed by atoms with Gasteiger partial charge >= 0.3 is 0 Å². The largest absolute Gasteiger partial charge is 0.492 e. The van der Waals surface area contributed by atoms with E-state index in [1.807, 2.05) is 19.3 Å². The average molecular weight is 274 g/mol. The Kier molecular flexibility index (Phi) is 4.56. The third kappa shape index (κ3) is 3.51. The predicted octanol–water partition coefficient (Wildman–Crippen LogP) is 3.51. The smallest absolute Gasteiger partial charge is 0.137 e. The second-order valence-electron chi connectivity index (χ2n) is 6.22. The van der Waals surface area contributed by atoms with Crippen molar-refractivity contribution in [3.05, 3.63) is 24.0 Å². The molecule has 2 fully saturated rings. The first-order chi connectivity index (χ1) is 9.86. The lowest BCUT2D eigenvalue weighted by Crippen LogP contribution is -2.30. The molecule has 2 unspecified atom stereocenters. The molecule has 1 N–H and O–H groups in total. The molecule has 0 amide bonds. The fourth-order valence-electron chi connectivity index (χ4n) is 3.38. The normalized spacial score (nSPS) is 26.4. The van der Waals surface area contributed by atoms with Crippen LogP contribution in [0.15, 0.2) is 18.5 Å². The van der Waals surface area contributed by atoms with Gasteiger partial charge in [-0.1, -0.05) is 12.8 Å². The Morgan fingerprint density at radius 3 is 2.85 bits per heavy atom. The van der Waals surface area contributed by atoms with E-state index in [0.717, 1.165) is 17.7 Å². The van der Waals surface area contributed by atoms with Crippen LogP contribution in [0.4, 0.5) is 0 Å². The summed E-state index contributed by atoms with van der Waals surface area (Å²) in [5.74, 6) is 2.34. The molecule has 3 heteroatoms. The van der Waals surface area contributed by atoms with Crippen molar-refractivity contribution < 1.29 is 4.74 Å². The van der Waals surface area contributed by atoms with E-state index in [-0.39, 0.29) is 0 Å². The molecule has 3 nitrogen and oxygen atoms in total. The molecule has 2 atom stereocenters. The van der Waals surface area contributed by atoms with E-state index in [4.69, 9.17) is 4.74 Å². The van der Waals surface area contributed by atoms with Crippen LogP contribution in [-0.2, 0) is 0 Å². The first-order valence-corrected chi connectivity index (χ1v) is 8.18. The molecular formula is C17H26N2O. The lowest BCUT2D eigenvalue weighted by atomic mass is 9.76. The maximum atomic E-state index is 5.60. The summed E-state index contributed by atoms with van der Waals surface area (Å²) in [6.45, 7) is 3.91. The average Bonchev–Trinajstić information content (AvgIpc) is 3.30. The fraction of sp³-hybridized carbons (Fsp3) is 0.706. The molecule has 2 saturated carbocycles. The summed E-state index contributed by atoms with van der Waals surface area (Å²) in [4.78, 5) is 4.38. The zero-order valence-electron chi connectivity index (χ0n) is 12.5. The summed E-state index contributed by atoms with van der Waals surface area (Å²) in [5.41, 5.74) is 1.37. The second kappa shape index (κ2) is 6.57. The molecule has 3 rings (SSSR count). The van der Waals surface area contributed by atoms with Crippen molar-refractivity contribution in [2.45, 2.75) is 57.4 Å². The monoisotopic (exact) mass is 274 g/mol. The predicted molar refractivity (Wildman–Crippen MR) is 81.1 cm³/mol. The Balaban J connectivity index is 1.68. The van der Waals surface area contributed by atoms with Crippen molar-refractivity contribution in [1.82, 2.24) is 10.3 Å². The van der Waals surface area contributed by atoms with E-state index in [9.17, 15) is 0 Å². The van der Waals surface area contributed by atoms with Gasteiger partial charge in [-0.2, -0.15) is 0 Å². The zero-order chi connectivity index (χ0) is 13.8. The summed E-state index contributed by atoms with van der Waals surface area (Å²) in [7, 11) is 0. The summed E-state index contributed by atoms with van der Waals surface area (Å²) in [6.07, 6.45) is 12.0. The number of rotatable bonds is 6. The topological polar surface area (TPSA) is 34.1 Å². The van der Waals surface area contributed by atoms with Crippen molar-refractivity contribution in [2.24, 2.45) is 5.92 Å². The van der Waals surface area contributed by atoms with Gasteiger partial charge in [0, 0.05) is 12.2 Å². The molecule has 110 valence electrons. The van der Waals surface area contributed by atoms with E-state index >= 15 is 0 Å². The molecule has 1 aromatic heterocycles. The number of hydrogen-bond acceptors (Lipinski definition) is 3. The Morgan fingerprint density at radius 2 is 2.05 bits per heavy atom. The molecule has 0 aliphatic heterocycles. The van der Waals surface area contributed by atoms with Crippen molar-refractivity contribution in [2.75, 3.05) is 13.2 Å². The van der Waals surface area contributed by atoms with E-state index in [1.54, 1.807) is 0 Å². The van der Waals surface area contributed by atoms with Gasteiger partial charge in [-0.15, -0.1) is 0 Å². The minimum atomic E-state index is 0.655. The molecule has 2 aliphatic rings. The maximum Gasteiger partial charge on any atom is 0.137 e. The number of pyridine rings is 1. The standard InChI is InChI=1S/C17H26N2O/c1-2-20-16-9-14(10-18-12-16)17-6-4-3-5-13(17)11-19-15-7-8-15/h9-10,12-13,15,17,19H,2-8,11H2,1H3. The van der Waals surface area contributed by atoms with Crippen LogP contribution in [0.1, 0.15) is 56.9 Å². The van der Waals surface area contributed by atoms with Crippen LogP contribution in [0.5, 0.6) is 5.75 Å². The number of ether oxygens (including phenoxy) is 1. The van der Waals surface area contributed by atoms with E-state index in [2.05, 4.69) is 16.4 Å². The van der Waals surface area contributed by atoms with Crippen LogP contribution in [0.3, 0.4) is 0 Å². The van der Waals surface area contributed by atoms with Gasteiger partial charge < -0.3 is 10.1 Å². The van der Waals surface area contributed by atoms with Gasteiger partial charge in [-0.05, 0) is 62.6 Å². The van der Waals surface area contributed by atoms with Gasteiger partial charge in [0.1, 0.15) is 5.75 Å². The van der Waals surface area contributed by atoms with Crippen molar-refractivity contribution in [1.29, 1.82) is 0 Å². The van der Waals surface area contributed by atoms with Crippen molar-refractivity contribution in [3.63, 3.8) is 0 Å². The highest BCUT2D eigenvalue weighted by Gasteiger charge is 2.29. The number of aromatic nitrogens is 1. The first kappa shape index (κ1) is 13.9. The van der Waals surface area contributed by atoms with Crippen LogP contribution < -0.4 is 10.1 Å². The van der Waals surface area contributed by atoms with Gasteiger partial charge in [0.25, 0.3) is 0 Å². The Morgan fingerprint density at radius 1 is 1.20 bits per heavy atom. The molecule has 20 heavy (non-hydrogen) atoms. The fourth-order valence-corrected chi connectivity index (χ4v) is 3.38. The summed E-state index contributed by atoms with van der Waals surface area (Å²) >= 11 is 0. The van der Waals surface area contributed by atoms with Crippen LogP contribution in [0, 0.1) is 5.92 Å². The first-order valence-electron chi connectivity index (χ1n) is 8.18. The Hall–Kier alpha value is -1.09. The Bertz CT molecular complexity index is 431. The van der Waals surface area contributed by atoms with Crippen LogP contribution >= 0.6 is 0 Å². The quantitative estimate of drug-likeness (QED) is 0.862. The summed E-state index contributed by atoms with van der Waals surface area (Å²) < 4.78 is 5.60. The maximum absolute atomic E-state index is 5.60. The third-order valence-electron chi connectivity index (χ3n) is 4.63. The molecule has 2 aliphatic carbocycles. The molecule has 1 heterocycles. The highest BCUT2D eigenvalue weighted by molar-refractivity contribution is 5.27. The van der Waals surface area contributed by atoms with E-state index in [0.29, 0.717) is 12.5 Å². The van der Waals surface area contributed by atoms with E-state index < -0.39 is 0 Å². The van der Waals surface area contributed by atoms with Crippen LogP contribution in [0.2, 0.25) is 0 Å². The van der Waals surface area contributed by atoms with Gasteiger partial charge in [0.05, 0.1) is 12.8 Å². The molecule has 1 aromatic rings. The highest BCUT2D eigenvalue weighted by atomic mass is 16.5. The summed E-state index contributed by atoms with van der Waals surface area (Å²) in [6, 6.07) is 3.02. The van der Waals surface area contributed by atoms with E-state index in [1.165, 1.54) is 50.6 Å². The van der Waals surface area contributed by atoms with Crippen LogP contribution in [0.25, 0.3) is 0 Å². The van der Waals surface area contributed by atoms with Crippen LogP contribution in [-0.4, -0.2) is 24.2 Å². The molecule has 0 saturated heterocycles. The zero-order valence-corrected chi connectivity index (χ0v) is 12.5. The minimum absolute atomic E-state index is 0.655. The molecular weight excluding hydrogens is 248 g/mol. The third-order valence-corrected chi connectivity index (χ3v) is 4.63.